The topological polar surface area (TPSA) is 35.5 Å². The molecule has 1 aliphatic rings. The van der Waals surface area contributed by atoms with Crippen molar-refractivity contribution in [2.75, 3.05) is 13.7 Å². The van der Waals surface area contributed by atoms with Crippen LogP contribution in [0.2, 0.25) is 15.1 Å². The highest BCUT2D eigenvalue weighted by molar-refractivity contribution is 6.43. The highest BCUT2D eigenvalue weighted by Gasteiger charge is 2.31. The summed E-state index contributed by atoms with van der Waals surface area (Å²) in [4.78, 5) is 13.3. The second-order valence-electron chi connectivity index (χ2n) is 6.19. The van der Waals surface area contributed by atoms with Gasteiger partial charge in [0, 0.05) is 11.4 Å². The summed E-state index contributed by atoms with van der Waals surface area (Å²) in [7, 11) is 1.55. The van der Waals surface area contributed by atoms with Crippen molar-refractivity contribution in [3.63, 3.8) is 0 Å². The number of ketones is 1. The molecule has 1 aliphatic heterocycles. The summed E-state index contributed by atoms with van der Waals surface area (Å²) in [5, 5.41) is 0.772. The lowest BCUT2D eigenvalue weighted by Gasteiger charge is -2.19. The van der Waals surface area contributed by atoms with Gasteiger partial charge in [-0.1, -0.05) is 48.7 Å². The van der Waals surface area contributed by atoms with Crippen LogP contribution in [-0.4, -0.2) is 19.5 Å². The number of carbonyl (C=O) groups is 1. The average Bonchev–Trinajstić information content (AvgIpc) is 2.99. The number of fused-ring (bicyclic) bond motifs is 1. The predicted molar refractivity (Wildman–Crippen MR) is 101 cm³/mol. The van der Waals surface area contributed by atoms with Gasteiger partial charge < -0.3 is 9.47 Å². The third-order valence-corrected chi connectivity index (χ3v) is 5.06. The van der Waals surface area contributed by atoms with Gasteiger partial charge in [-0.2, -0.15) is 0 Å². The molecule has 132 valence electrons. The molecular weight excluding hydrogens is 383 g/mol. The van der Waals surface area contributed by atoms with Crippen molar-refractivity contribution >= 4 is 40.6 Å². The van der Waals surface area contributed by atoms with E-state index in [0.717, 1.165) is 17.5 Å². The average molecular weight is 400 g/mol. The van der Waals surface area contributed by atoms with E-state index >= 15 is 0 Å². The van der Waals surface area contributed by atoms with E-state index < -0.39 is 0 Å². The summed E-state index contributed by atoms with van der Waals surface area (Å²) >= 11 is 18.5. The Morgan fingerprint density at radius 2 is 1.76 bits per heavy atom. The van der Waals surface area contributed by atoms with Gasteiger partial charge in [0.15, 0.2) is 0 Å². The highest BCUT2D eigenvalue weighted by Crippen LogP contribution is 2.44. The van der Waals surface area contributed by atoms with Crippen LogP contribution in [0.3, 0.4) is 0 Å². The lowest BCUT2D eigenvalue weighted by atomic mass is 9.91. The van der Waals surface area contributed by atoms with Crippen molar-refractivity contribution in [1.29, 1.82) is 0 Å². The van der Waals surface area contributed by atoms with Crippen molar-refractivity contribution < 1.29 is 14.3 Å². The Labute approximate surface area is 161 Å². The summed E-state index contributed by atoms with van der Waals surface area (Å²) in [6, 6.07) is 5.05. The Hall–Kier alpha value is -1.42. The Kier molecular flexibility index (Phi) is 5.19. The van der Waals surface area contributed by atoms with E-state index in [0.29, 0.717) is 28.7 Å². The van der Waals surface area contributed by atoms with Crippen molar-refractivity contribution in [3.05, 3.63) is 55.5 Å². The fourth-order valence-corrected chi connectivity index (χ4v) is 4.07. The fourth-order valence-electron chi connectivity index (χ4n) is 3.08. The molecule has 3 nitrogen and oxygen atoms in total. The summed E-state index contributed by atoms with van der Waals surface area (Å²) in [6.07, 6.45) is 0.751. The van der Waals surface area contributed by atoms with E-state index in [-0.39, 0.29) is 27.3 Å². The number of halogens is 3. The molecule has 0 amide bonds. The molecule has 0 saturated heterocycles. The summed E-state index contributed by atoms with van der Waals surface area (Å²) in [5.41, 5.74) is 2.52. The largest absolute Gasteiger partial charge is 0.496 e. The van der Waals surface area contributed by atoms with Crippen molar-refractivity contribution in [2.24, 2.45) is 0 Å². The maximum absolute atomic E-state index is 13.3. The molecule has 0 aliphatic carbocycles. The van der Waals surface area contributed by atoms with Crippen molar-refractivity contribution in [3.8, 4) is 11.5 Å². The van der Waals surface area contributed by atoms with Crippen LogP contribution in [0.15, 0.2) is 18.2 Å². The minimum Gasteiger partial charge on any atom is -0.496 e. The summed E-state index contributed by atoms with van der Waals surface area (Å²) in [5.74, 6) is 0.906. The Balaban J connectivity index is 2.28. The van der Waals surface area contributed by atoms with Gasteiger partial charge in [-0.3, -0.25) is 4.79 Å². The molecule has 0 saturated carbocycles. The van der Waals surface area contributed by atoms with Gasteiger partial charge in [-0.25, -0.2) is 0 Å². The van der Waals surface area contributed by atoms with Gasteiger partial charge in [0.05, 0.1) is 29.3 Å². The number of rotatable bonds is 4. The Morgan fingerprint density at radius 1 is 1.12 bits per heavy atom. The van der Waals surface area contributed by atoms with Crippen LogP contribution >= 0.6 is 34.8 Å². The second-order valence-corrected chi connectivity index (χ2v) is 7.44. The molecule has 0 spiro atoms. The molecule has 0 aromatic heterocycles. The zero-order chi connectivity index (χ0) is 18.3. The molecule has 0 radical (unpaired) electrons. The van der Waals surface area contributed by atoms with Crippen LogP contribution in [0.1, 0.15) is 46.8 Å². The lowest BCUT2D eigenvalue weighted by Crippen LogP contribution is -2.10. The molecule has 2 aromatic rings. The molecule has 0 bridgehead atoms. The Bertz CT molecular complexity index is 836. The molecular formula is C19H17Cl3O3. The smallest absolute Gasteiger partial charge is 0.203 e. The molecule has 3 rings (SSSR count). The number of benzene rings is 2. The summed E-state index contributed by atoms with van der Waals surface area (Å²) in [6.45, 7) is 4.63. The zero-order valence-electron chi connectivity index (χ0n) is 14.1. The molecule has 2 aromatic carbocycles. The van der Waals surface area contributed by atoms with E-state index in [9.17, 15) is 4.79 Å². The first-order chi connectivity index (χ1) is 11.8. The summed E-state index contributed by atoms with van der Waals surface area (Å²) < 4.78 is 11.3. The molecule has 1 heterocycles. The van der Waals surface area contributed by atoms with E-state index in [2.05, 4.69) is 13.8 Å². The van der Waals surface area contributed by atoms with Crippen LogP contribution in [-0.2, 0) is 6.42 Å². The first-order valence-electron chi connectivity index (χ1n) is 7.91. The van der Waals surface area contributed by atoms with Crippen LogP contribution in [0.25, 0.3) is 0 Å². The quantitative estimate of drug-likeness (QED) is 0.596. The van der Waals surface area contributed by atoms with E-state index in [1.807, 2.05) is 6.07 Å². The van der Waals surface area contributed by atoms with Gasteiger partial charge in [-0.05, 0) is 35.2 Å². The predicted octanol–water partition coefficient (Wildman–Crippen LogP) is 5.94. The van der Waals surface area contributed by atoms with Gasteiger partial charge in [0.1, 0.15) is 17.1 Å². The molecule has 6 heteroatoms. The molecule has 0 N–H and O–H groups in total. The number of hydrogen-bond acceptors (Lipinski definition) is 3. The Morgan fingerprint density at radius 3 is 2.32 bits per heavy atom. The van der Waals surface area contributed by atoms with E-state index in [4.69, 9.17) is 44.3 Å². The maximum atomic E-state index is 13.3. The van der Waals surface area contributed by atoms with E-state index in [1.165, 1.54) is 12.1 Å². The van der Waals surface area contributed by atoms with Gasteiger partial charge in [0.25, 0.3) is 0 Å². The van der Waals surface area contributed by atoms with Gasteiger partial charge in [0.2, 0.25) is 5.78 Å². The monoisotopic (exact) mass is 398 g/mol. The normalized spacial score (nSPS) is 12.9. The third-order valence-electron chi connectivity index (χ3n) is 4.24. The molecule has 0 atom stereocenters. The fraction of sp³-hybridized carbons (Fsp3) is 0.316. The van der Waals surface area contributed by atoms with Gasteiger partial charge >= 0.3 is 0 Å². The van der Waals surface area contributed by atoms with Crippen LogP contribution in [0.5, 0.6) is 11.5 Å². The van der Waals surface area contributed by atoms with Crippen LogP contribution in [0, 0.1) is 0 Å². The standard InChI is InChI=1S/C19H17Cl3O3/c1-9(2)12-6-10-4-5-25-18(10)16(19(12)24-3)17(23)15-13(21)7-11(20)8-14(15)22/h6-9H,4-5H2,1-3H3. The van der Waals surface area contributed by atoms with Gasteiger partial charge in [-0.15, -0.1) is 0 Å². The number of methoxy groups -OCH3 is 1. The zero-order valence-corrected chi connectivity index (χ0v) is 16.4. The first kappa shape index (κ1) is 18.4. The van der Waals surface area contributed by atoms with E-state index in [1.54, 1.807) is 7.11 Å². The minimum atomic E-state index is -0.329. The number of hydrogen-bond donors (Lipinski definition) is 0. The van der Waals surface area contributed by atoms with Crippen LogP contribution in [0.4, 0.5) is 0 Å². The van der Waals surface area contributed by atoms with Crippen molar-refractivity contribution in [1.82, 2.24) is 0 Å². The number of carbonyl (C=O) groups excluding carboxylic acids is 1. The number of ether oxygens (including phenoxy) is 2. The lowest BCUT2D eigenvalue weighted by molar-refractivity contribution is 0.103. The van der Waals surface area contributed by atoms with Crippen molar-refractivity contribution in [2.45, 2.75) is 26.2 Å². The molecule has 0 fully saturated rings. The minimum absolute atomic E-state index is 0.184. The molecule has 25 heavy (non-hydrogen) atoms. The first-order valence-corrected chi connectivity index (χ1v) is 9.04. The van der Waals surface area contributed by atoms with Crippen LogP contribution < -0.4 is 9.47 Å². The maximum Gasteiger partial charge on any atom is 0.203 e. The SMILES string of the molecule is COc1c(C(C)C)cc2c(c1C(=O)c1c(Cl)cc(Cl)cc1Cl)OCC2. The second kappa shape index (κ2) is 7.06. The third kappa shape index (κ3) is 3.21. The molecule has 0 unspecified atom stereocenters. The highest BCUT2D eigenvalue weighted by atomic mass is 35.5.